The highest BCUT2D eigenvalue weighted by Gasteiger charge is 2.12. The van der Waals surface area contributed by atoms with Crippen molar-refractivity contribution in [3.63, 3.8) is 0 Å². The zero-order valence-corrected chi connectivity index (χ0v) is 18.8. The predicted molar refractivity (Wildman–Crippen MR) is 118 cm³/mol. The Morgan fingerprint density at radius 3 is 2.74 bits per heavy atom. The molecule has 0 saturated carbocycles. The fourth-order valence-electron chi connectivity index (χ4n) is 2.62. The van der Waals surface area contributed by atoms with Gasteiger partial charge in [0.15, 0.2) is 0 Å². The first-order valence-electron chi connectivity index (χ1n) is 9.86. The number of nitrogens with zero attached hydrogens (tertiary/aromatic N) is 3. The van der Waals surface area contributed by atoms with Gasteiger partial charge >= 0.3 is 0 Å². The van der Waals surface area contributed by atoms with Gasteiger partial charge in [-0.25, -0.2) is 4.98 Å². The van der Waals surface area contributed by atoms with E-state index in [0.29, 0.717) is 12.6 Å². The van der Waals surface area contributed by atoms with Crippen molar-refractivity contribution in [1.82, 2.24) is 9.55 Å². The number of aromatic nitrogens is 2. The van der Waals surface area contributed by atoms with Crippen LogP contribution >= 0.6 is 0 Å². The van der Waals surface area contributed by atoms with E-state index in [1.165, 1.54) is 11.7 Å². The molecule has 27 heavy (non-hydrogen) atoms. The van der Waals surface area contributed by atoms with Gasteiger partial charge in [0.2, 0.25) is 0 Å². The number of nitrogens with one attached hydrogen (secondary N) is 1. The lowest BCUT2D eigenvalue weighted by Gasteiger charge is -2.19. The standard InChI is InChI=1S/C21H36N4OSi/c1-18(2)13-22-19-8-7-9-21(12-19)24(3)14-20-15-25(16-23-20)17-26-10-11-27(4,5)6/h7-9,12,15-16,18,22H,10-11,13-14,17H2,1-6H3. The Morgan fingerprint density at radius 1 is 1.26 bits per heavy atom. The molecule has 1 aromatic carbocycles. The van der Waals surface area contributed by atoms with E-state index in [0.717, 1.165) is 31.1 Å². The molecule has 150 valence electrons. The molecule has 0 bridgehead atoms. The number of imidazole rings is 1. The van der Waals surface area contributed by atoms with Crippen molar-refractivity contribution < 1.29 is 4.74 Å². The van der Waals surface area contributed by atoms with Gasteiger partial charge in [-0.15, -0.1) is 0 Å². The summed E-state index contributed by atoms with van der Waals surface area (Å²) in [7, 11) is 1.07. The van der Waals surface area contributed by atoms with Crippen molar-refractivity contribution in [2.45, 2.75) is 52.8 Å². The van der Waals surface area contributed by atoms with Crippen molar-refractivity contribution in [2.24, 2.45) is 5.92 Å². The molecule has 0 fully saturated rings. The minimum Gasteiger partial charge on any atom is -0.385 e. The van der Waals surface area contributed by atoms with Gasteiger partial charge in [0.25, 0.3) is 0 Å². The molecule has 0 atom stereocenters. The minimum atomic E-state index is -1.03. The average Bonchev–Trinajstić information content (AvgIpc) is 3.03. The third-order valence-electron chi connectivity index (χ3n) is 4.32. The summed E-state index contributed by atoms with van der Waals surface area (Å²) in [4.78, 5) is 6.75. The molecule has 1 heterocycles. The molecule has 5 nitrogen and oxygen atoms in total. The molecule has 2 rings (SSSR count). The summed E-state index contributed by atoms with van der Waals surface area (Å²) in [6, 6.07) is 9.74. The minimum absolute atomic E-state index is 0.579. The van der Waals surface area contributed by atoms with E-state index < -0.39 is 8.07 Å². The van der Waals surface area contributed by atoms with Crippen molar-refractivity contribution in [3.05, 3.63) is 42.5 Å². The van der Waals surface area contributed by atoms with E-state index in [9.17, 15) is 0 Å². The van der Waals surface area contributed by atoms with Gasteiger partial charge in [-0.2, -0.15) is 0 Å². The summed E-state index contributed by atoms with van der Waals surface area (Å²) in [6.07, 6.45) is 3.93. The zero-order valence-electron chi connectivity index (χ0n) is 17.8. The van der Waals surface area contributed by atoms with Crippen LogP contribution in [0, 0.1) is 5.92 Å². The molecule has 0 amide bonds. The molecular weight excluding hydrogens is 352 g/mol. The Kier molecular flexibility index (Phi) is 7.92. The van der Waals surface area contributed by atoms with Crippen LogP contribution in [0.4, 0.5) is 11.4 Å². The Labute approximate surface area is 165 Å². The highest BCUT2D eigenvalue weighted by molar-refractivity contribution is 6.76. The summed E-state index contributed by atoms with van der Waals surface area (Å²) in [5.74, 6) is 0.628. The van der Waals surface area contributed by atoms with Gasteiger partial charge in [0.05, 0.1) is 18.6 Å². The van der Waals surface area contributed by atoms with Gasteiger partial charge < -0.3 is 19.5 Å². The lowest BCUT2D eigenvalue weighted by Crippen LogP contribution is -2.21. The van der Waals surface area contributed by atoms with Crippen LogP contribution in [0.2, 0.25) is 25.7 Å². The fraction of sp³-hybridized carbons (Fsp3) is 0.571. The smallest absolute Gasteiger partial charge is 0.123 e. The quantitative estimate of drug-likeness (QED) is 0.439. The third kappa shape index (κ3) is 8.18. The lowest BCUT2D eigenvalue weighted by molar-refractivity contribution is 0.0871. The van der Waals surface area contributed by atoms with Crippen LogP contribution in [0.15, 0.2) is 36.8 Å². The highest BCUT2D eigenvalue weighted by Crippen LogP contribution is 2.20. The first-order valence-corrected chi connectivity index (χ1v) is 13.6. The third-order valence-corrected chi connectivity index (χ3v) is 6.03. The second-order valence-electron chi connectivity index (χ2n) is 8.91. The number of anilines is 2. The Hall–Kier alpha value is -1.79. The second-order valence-corrected chi connectivity index (χ2v) is 14.5. The molecule has 0 spiro atoms. The van der Waals surface area contributed by atoms with E-state index in [1.807, 2.05) is 10.9 Å². The summed E-state index contributed by atoms with van der Waals surface area (Å²) in [5.41, 5.74) is 3.39. The van der Waals surface area contributed by atoms with Crippen LogP contribution in [-0.4, -0.2) is 37.8 Å². The fourth-order valence-corrected chi connectivity index (χ4v) is 3.37. The van der Waals surface area contributed by atoms with Gasteiger partial charge in [0.1, 0.15) is 6.73 Å². The maximum atomic E-state index is 5.80. The maximum absolute atomic E-state index is 5.80. The molecule has 0 aliphatic heterocycles. The van der Waals surface area contributed by atoms with Crippen LogP contribution in [0.1, 0.15) is 19.5 Å². The first-order chi connectivity index (χ1) is 12.7. The Bertz CT molecular complexity index is 693. The van der Waals surface area contributed by atoms with E-state index >= 15 is 0 Å². The van der Waals surface area contributed by atoms with Crippen LogP contribution in [0.25, 0.3) is 0 Å². The Morgan fingerprint density at radius 2 is 2.04 bits per heavy atom. The topological polar surface area (TPSA) is 42.3 Å². The summed E-state index contributed by atoms with van der Waals surface area (Å²) in [6.45, 7) is 14.7. The molecule has 0 saturated heterocycles. The van der Waals surface area contributed by atoms with Gasteiger partial charge in [-0.1, -0.05) is 39.6 Å². The number of hydrogen-bond acceptors (Lipinski definition) is 4. The van der Waals surface area contributed by atoms with E-state index in [4.69, 9.17) is 4.74 Å². The van der Waals surface area contributed by atoms with Gasteiger partial charge in [-0.3, -0.25) is 0 Å². The molecule has 1 N–H and O–H groups in total. The molecule has 6 heteroatoms. The maximum Gasteiger partial charge on any atom is 0.123 e. The SMILES string of the molecule is CC(C)CNc1cccc(N(C)Cc2cn(COCC[Si](C)(C)C)cn2)c1. The summed E-state index contributed by atoms with van der Waals surface area (Å²) < 4.78 is 7.82. The van der Waals surface area contributed by atoms with Crippen molar-refractivity contribution in [1.29, 1.82) is 0 Å². The molecule has 0 radical (unpaired) electrons. The van der Waals surface area contributed by atoms with Crippen LogP contribution in [0.5, 0.6) is 0 Å². The predicted octanol–water partition coefficient (Wildman–Crippen LogP) is 4.90. The molecule has 2 aromatic rings. The lowest BCUT2D eigenvalue weighted by atomic mass is 10.2. The molecule has 0 aliphatic rings. The van der Waals surface area contributed by atoms with E-state index in [-0.39, 0.29) is 0 Å². The zero-order chi connectivity index (χ0) is 19.9. The molecular formula is C21H36N4OSi. The van der Waals surface area contributed by atoms with E-state index in [1.54, 1.807) is 0 Å². The van der Waals surface area contributed by atoms with Crippen molar-refractivity contribution >= 4 is 19.4 Å². The normalized spacial score (nSPS) is 11.8. The largest absolute Gasteiger partial charge is 0.385 e. The second kappa shape index (κ2) is 9.94. The first kappa shape index (κ1) is 21.5. The van der Waals surface area contributed by atoms with Crippen LogP contribution < -0.4 is 10.2 Å². The summed E-state index contributed by atoms with van der Waals surface area (Å²) >= 11 is 0. The molecule has 0 aliphatic carbocycles. The number of rotatable bonds is 11. The highest BCUT2D eigenvalue weighted by atomic mass is 28.3. The van der Waals surface area contributed by atoms with Gasteiger partial charge in [-0.05, 0) is 30.2 Å². The number of ether oxygens (including phenoxy) is 1. The van der Waals surface area contributed by atoms with Crippen LogP contribution in [0.3, 0.4) is 0 Å². The number of benzene rings is 1. The molecule has 1 aromatic heterocycles. The summed E-state index contributed by atoms with van der Waals surface area (Å²) in [5, 5.41) is 3.49. The molecule has 0 unspecified atom stereocenters. The van der Waals surface area contributed by atoms with E-state index in [2.05, 4.69) is 86.2 Å². The average molecular weight is 389 g/mol. The van der Waals surface area contributed by atoms with Gasteiger partial charge in [0, 0.05) is 45.8 Å². The monoisotopic (exact) mass is 388 g/mol. The van der Waals surface area contributed by atoms with Crippen LogP contribution in [-0.2, 0) is 18.0 Å². The number of hydrogen-bond donors (Lipinski definition) is 1. The van der Waals surface area contributed by atoms with Crippen molar-refractivity contribution in [3.8, 4) is 0 Å². The van der Waals surface area contributed by atoms with Crippen molar-refractivity contribution in [2.75, 3.05) is 30.4 Å². The Balaban J connectivity index is 1.84.